The minimum absolute atomic E-state index is 0.0304. The minimum Gasteiger partial charge on any atom is -0.393 e. The third-order valence-electron chi connectivity index (χ3n) is 4.32. The fraction of sp³-hybridized carbons (Fsp3) is 1.00. The Bertz CT molecular complexity index is 216. The Balaban J connectivity index is 1.58. The first-order valence-corrected chi connectivity index (χ1v) is 7.39. The van der Waals surface area contributed by atoms with Crippen molar-refractivity contribution in [2.45, 2.75) is 70.1 Å². The van der Waals surface area contributed by atoms with Crippen LogP contribution >= 0.6 is 0 Å². The molecule has 0 spiro atoms. The summed E-state index contributed by atoms with van der Waals surface area (Å²) in [6.07, 6.45) is 8.49. The molecule has 1 saturated carbocycles. The smallest absolute Gasteiger partial charge is 0.0543 e. The molecule has 0 aromatic heterocycles. The van der Waals surface area contributed by atoms with Crippen LogP contribution in [0.2, 0.25) is 0 Å². The second-order valence-corrected chi connectivity index (χ2v) is 6.02. The molecule has 100 valence electrons. The summed E-state index contributed by atoms with van der Waals surface area (Å²) >= 11 is 0. The topological polar surface area (TPSA) is 44.3 Å². The predicted octanol–water partition coefficient (Wildman–Crippen LogP) is 1.66. The van der Waals surface area contributed by atoms with E-state index in [0.29, 0.717) is 12.0 Å². The van der Waals surface area contributed by atoms with E-state index in [9.17, 15) is 5.11 Å². The Morgan fingerprint density at radius 2 is 2.18 bits per heavy atom. The molecule has 3 heteroatoms. The molecular formula is C14H28N2O. The number of aliphatic hydroxyl groups excluding tert-OH is 1. The fourth-order valence-electron chi connectivity index (χ4n) is 3.24. The van der Waals surface area contributed by atoms with Crippen molar-refractivity contribution in [1.29, 1.82) is 0 Å². The van der Waals surface area contributed by atoms with Crippen molar-refractivity contribution in [2.24, 2.45) is 5.92 Å². The van der Waals surface area contributed by atoms with Gasteiger partial charge in [0.2, 0.25) is 0 Å². The second-order valence-electron chi connectivity index (χ2n) is 6.02. The lowest BCUT2D eigenvalue weighted by Crippen LogP contribution is -2.40. The predicted molar refractivity (Wildman–Crippen MR) is 71.1 cm³/mol. The highest BCUT2D eigenvalue weighted by Gasteiger charge is 2.23. The summed E-state index contributed by atoms with van der Waals surface area (Å²) in [4.78, 5) is 0. The van der Waals surface area contributed by atoms with Gasteiger partial charge < -0.3 is 15.7 Å². The monoisotopic (exact) mass is 240 g/mol. The standard InChI is InChI=1S/C14H28N2O/c1-11(8-13-4-2-3-7-15-13)16-10-12-5-6-14(17)9-12/h11-17H,2-10H2,1H3. The van der Waals surface area contributed by atoms with Crippen LogP contribution in [-0.2, 0) is 0 Å². The maximum absolute atomic E-state index is 9.49. The summed E-state index contributed by atoms with van der Waals surface area (Å²) in [6.45, 7) is 4.58. The van der Waals surface area contributed by atoms with Crippen LogP contribution in [-0.4, -0.2) is 36.4 Å². The molecule has 1 saturated heterocycles. The summed E-state index contributed by atoms with van der Waals surface area (Å²) in [5, 5.41) is 16.7. The van der Waals surface area contributed by atoms with Crippen LogP contribution in [0.25, 0.3) is 0 Å². The Morgan fingerprint density at radius 3 is 2.82 bits per heavy atom. The van der Waals surface area contributed by atoms with Crippen LogP contribution in [0, 0.1) is 5.92 Å². The molecular weight excluding hydrogens is 212 g/mol. The number of hydrogen-bond acceptors (Lipinski definition) is 3. The molecule has 0 amide bonds. The van der Waals surface area contributed by atoms with Crippen LogP contribution in [0.5, 0.6) is 0 Å². The van der Waals surface area contributed by atoms with Gasteiger partial charge in [0.15, 0.2) is 0 Å². The zero-order valence-corrected chi connectivity index (χ0v) is 11.1. The molecule has 1 heterocycles. The largest absolute Gasteiger partial charge is 0.393 e. The summed E-state index contributed by atoms with van der Waals surface area (Å²) < 4.78 is 0. The van der Waals surface area contributed by atoms with Crippen LogP contribution in [0.15, 0.2) is 0 Å². The number of nitrogens with one attached hydrogen (secondary N) is 2. The summed E-state index contributed by atoms with van der Waals surface area (Å²) in [6, 6.07) is 1.32. The number of rotatable bonds is 5. The Kier molecular flexibility index (Phi) is 5.26. The molecule has 1 aliphatic carbocycles. The van der Waals surface area contributed by atoms with Crippen molar-refractivity contribution in [3.05, 3.63) is 0 Å². The Hall–Kier alpha value is -0.120. The molecule has 4 unspecified atom stereocenters. The average molecular weight is 240 g/mol. The Labute approximate surface area is 105 Å². The molecule has 2 fully saturated rings. The van der Waals surface area contributed by atoms with E-state index >= 15 is 0 Å². The molecule has 0 aromatic carbocycles. The van der Waals surface area contributed by atoms with Gasteiger partial charge in [-0.05, 0) is 64.5 Å². The van der Waals surface area contributed by atoms with Gasteiger partial charge >= 0.3 is 0 Å². The van der Waals surface area contributed by atoms with Gasteiger partial charge in [0.1, 0.15) is 0 Å². The van der Waals surface area contributed by atoms with Gasteiger partial charge in [0.25, 0.3) is 0 Å². The maximum atomic E-state index is 9.49. The van der Waals surface area contributed by atoms with E-state index in [2.05, 4.69) is 17.6 Å². The number of aliphatic hydroxyl groups is 1. The van der Waals surface area contributed by atoms with E-state index in [-0.39, 0.29) is 6.10 Å². The van der Waals surface area contributed by atoms with E-state index in [1.165, 1.54) is 38.6 Å². The first-order valence-electron chi connectivity index (χ1n) is 7.39. The fourth-order valence-corrected chi connectivity index (χ4v) is 3.24. The molecule has 1 aliphatic heterocycles. The van der Waals surface area contributed by atoms with Crippen molar-refractivity contribution in [3.63, 3.8) is 0 Å². The van der Waals surface area contributed by atoms with Crippen LogP contribution in [0.1, 0.15) is 51.9 Å². The van der Waals surface area contributed by atoms with Crippen molar-refractivity contribution in [1.82, 2.24) is 10.6 Å². The van der Waals surface area contributed by atoms with Crippen LogP contribution in [0.4, 0.5) is 0 Å². The molecule has 0 aromatic rings. The molecule has 0 bridgehead atoms. The molecule has 2 aliphatic rings. The highest BCUT2D eigenvalue weighted by atomic mass is 16.3. The summed E-state index contributed by atoms with van der Waals surface area (Å²) in [7, 11) is 0. The molecule has 0 radical (unpaired) electrons. The van der Waals surface area contributed by atoms with Gasteiger partial charge in [0.05, 0.1) is 6.10 Å². The van der Waals surface area contributed by atoms with Crippen molar-refractivity contribution >= 4 is 0 Å². The van der Waals surface area contributed by atoms with Crippen LogP contribution in [0.3, 0.4) is 0 Å². The summed E-state index contributed by atoms with van der Waals surface area (Å²) in [5.74, 6) is 0.701. The zero-order chi connectivity index (χ0) is 12.1. The SMILES string of the molecule is CC(CC1CCCCN1)NCC1CCC(O)C1. The Morgan fingerprint density at radius 1 is 1.29 bits per heavy atom. The minimum atomic E-state index is -0.0304. The molecule has 2 rings (SSSR count). The van der Waals surface area contributed by atoms with Crippen molar-refractivity contribution in [2.75, 3.05) is 13.1 Å². The molecule has 17 heavy (non-hydrogen) atoms. The highest BCUT2D eigenvalue weighted by Crippen LogP contribution is 2.24. The van der Waals surface area contributed by atoms with Crippen molar-refractivity contribution in [3.8, 4) is 0 Å². The van der Waals surface area contributed by atoms with Gasteiger partial charge in [-0.15, -0.1) is 0 Å². The third-order valence-corrected chi connectivity index (χ3v) is 4.32. The summed E-state index contributed by atoms with van der Waals surface area (Å²) in [5.41, 5.74) is 0. The van der Waals surface area contributed by atoms with E-state index in [1.54, 1.807) is 0 Å². The maximum Gasteiger partial charge on any atom is 0.0543 e. The third kappa shape index (κ3) is 4.57. The van der Waals surface area contributed by atoms with Gasteiger partial charge in [-0.3, -0.25) is 0 Å². The lowest BCUT2D eigenvalue weighted by atomic mass is 9.98. The lowest BCUT2D eigenvalue weighted by molar-refractivity contribution is 0.177. The van der Waals surface area contributed by atoms with Crippen LogP contribution < -0.4 is 10.6 Å². The van der Waals surface area contributed by atoms with E-state index in [0.717, 1.165) is 25.4 Å². The first-order chi connectivity index (χ1) is 8.24. The lowest BCUT2D eigenvalue weighted by Gasteiger charge is -2.27. The average Bonchev–Trinajstić information content (AvgIpc) is 2.74. The number of piperidine rings is 1. The van der Waals surface area contributed by atoms with Gasteiger partial charge in [-0.25, -0.2) is 0 Å². The zero-order valence-electron chi connectivity index (χ0n) is 11.1. The van der Waals surface area contributed by atoms with Gasteiger partial charge in [-0.2, -0.15) is 0 Å². The van der Waals surface area contributed by atoms with Gasteiger partial charge in [-0.1, -0.05) is 6.42 Å². The van der Waals surface area contributed by atoms with E-state index in [1.807, 2.05) is 0 Å². The van der Waals surface area contributed by atoms with E-state index < -0.39 is 0 Å². The van der Waals surface area contributed by atoms with Crippen molar-refractivity contribution < 1.29 is 5.11 Å². The molecule has 3 N–H and O–H groups in total. The molecule has 3 nitrogen and oxygen atoms in total. The van der Waals surface area contributed by atoms with Gasteiger partial charge in [0, 0.05) is 12.1 Å². The number of hydrogen-bond donors (Lipinski definition) is 3. The normalized spacial score (nSPS) is 36.0. The highest BCUT2D eigenvalue weighted by molar-refractivity contribution is 4.80. The first kappa shape index (κ1) is 13.3. The molecule has 4 atom stereocenters. The quantitative estimate of drug-likeness (QED) is 0.685. The second kappa shape index (κ2) is 6.72. The van der Waals surface area contributed by atoms with E-state index in [4.69, 9.17) is 0 Å².